The van der Waals surface area contributed by atoms with E-state index < -0.39 is 0 Å². The molecule has 1 amide bonds. The first-order valence-corrected chi connectivity index (χ1v) is 20.3. The SMILES string of the molecule is CC(=O)O[C@H]1CC[C@]2(C)[C@H]3CC=C4[C@@H]5[C@@H](C)[C@H](C)CC[C@]5(C(=O)N5CCN(C(=S)Nc6ccccc6)CC5)CC[C@@]4(C)[C@]3(C)CC[C@H]2C1(C)C. The standard InChI is InChI=1S/C43H63N3O3S/c1-28-16-21-43(37(48)45-24-26-46(27-25-45)38(50)44-31-12-10-9-11-13-31)23-22-41(7)32(36(43)29(28)2)14-15-34-40(6)19-18-35(49-30(3)47)39(4,5)33(40)17-20-42(34,41)8/h9-14,28-29,33-36H,15-27H2,1-8H3,(H,44,50)/t28-,29+,33+,34-,35+,36+,40+,41-,42-,43+/m1/s1. The van der Waals surface area contributed by atoms with E-state index in [1.54, 1.807) is 12.5 Å². The molecular weight excluding hydrogens is 639 g/mol. The average Bonchev–Trinajstić information content (AvgIpc) is 3.08. The van der Waals surface area contributed by atoms with E-state index in [1.807, 2.05) is 30.3 Å². The van der Waals surface area contributed by atoms with Crippen molar-refractivity contribution in [3.05, 3.63) is 42.0 Å². The maximum atomic E-state index is 15.1. The predicted molar refractivity (Wildman–Crippen MR) is 205 cm³/mol. The molecule has 1 aromatic carbocycles. The van der Waals surface area contributed by atoms with Gasteiger partial charge in [-0.1, -0.05) is 78.3 Å². The van der Waals surface area contributed by atoms with Gasteiger partial charge in [0.1, 0.15) is 6.10 Å². The zero-order valence-electron chi connectivity index (χ0n) is 32.1. The molecule has 6 aliphatic rings. The van der Waals surface area contributed by atoms with Gasteiger partial charge in [0.05, 0.1) is 5.41 Å². The van der Waals surface area contributed by atoms with Gasteiger partial charge in [-0.3, -0.25) is 9.59 Å². The molecular formula is C43H63N3O3S. The summed E-state index contributed by atoms with van der Waals surface area (Å²) < 4.78 is 5.97. The van der Waals surface area contributed by atoms with E-state index in [2.05, 4.69) is 69.7 Å². The minimum atomic E-state index is -0.309. The number of fused-ring (bicyclic) bond motifs is 7. The van der Waals surface area contributed by atoms with Gasteiger partial charge in [0.2, 0.25) is 5.91 Å². The number of hydrogen-bond acceptors (Lipinski definition) is 4. The highest BCUT2D eigenvalue weighted by molar-refractivity contribution is 7.80. The van der Waals surface area contributed by atoms with Crippen molar-refractivity contribution in [2.24, 2.45) is 56.7 Å². The van der Waals surface area contributed by atoms with Crippen molar-refractivity contribution in [3.8, 4) is 0 Å². The van der Waals surface area contributed by atoms with Crippen molar-refractivity contribution in [1.82, 2.24) is 9.80 Å². The number of anilines is 1. The van der Waals surface area contributed by atoms with Crippen molar-refractivity contribution in [2.45, 2.75) is 119 Å². The molecule has 4 saturated carbocycles. The summed E-state index contributed by atoms with van der Waals surface area (Å²) in [6, 6.07) is 10.1. The van der Waals surface area contributed by atoms with Crippen molar-refractivity contribution in [1.29, 1.82) is 0 Å². The van der Waals surface area contributed by atoms with Crippen LogP contribution in [0.4, 0.5) is 5.69 Å². The molecule has 1 aliphatic heterocycles. The molecule has 0 aromatic heterocycles. The third kappa shape index (κ3) is 5.32. The maximum absolute atomic E-state index is 15.1. The molecule has 1 saturated heterocycles. The molecule has 5 aliphatic carbocycles. The Morgan fingerprint density at radius 3 is 2.20 bits per heavy atom. The summed E-state index contributed by atoms with van der Waals surface area (Å²) in [4.78, 5) is 31.6. The first-order valence-electron chi connectivity index (χ1n) is 19.9. The Balaban J connectivity index is 1.15. The first kappa shape index (κ1) is 36.0. The molecule has 1 heterocycles. The van der Waals surface area contributed by atoms with Crippen LogP contribution in [0.25, 0.3) is 0 Å². The highest BCUT2D eigenvalue weighted by atomic mass is 32.1. The Labute approximate surface area is 307 Å². The first-order chi connectivity index (χ1) is 23.6. The fourth-order valence-electron chi connectivity index (χ4n) is 13.4. The zero-order chi connectivity index (χ0) is 35.9. The van der Waals surface area contributed by atoms with Gasteiger partial charge in [0.15, 0.2) is 5.11 Å². The number of hydrogen-bond donors (Lipinski definition) is 1. The summed E-state index contributed by atoms with van der Waals surface area (Å²) in [5.41, 5.74) is 2.74. The second kappa shape index (κ2) is 12.6. The number of nitrogens with one attached hydrogen (secondary N) is 1. The zero-order valence-corrected chi connectivity index (χ0v) is 33.0. The van der Waals surface area contributed by atoms with Crippen molar-refractivity contribution in [3.63, 3.8) is 0 Å². The molecule has 10 atom stereocenters. The highest BCUT2D eigenvalue weighted by Crippen LogP contribution is 2.76. The smallest absolute Gasteiger partial charge is 0.302 e. The second-order valence-electron chi connectivity index (χ2n) is 18.8. The van der Waals surface area contributed by atoms with Gasteiger partial charge in [-0.2, -0.15) is 0 Å². The van der Waals surface area contributed by atoms with E-state index in [9.17, 15) is 4.79 Å². The van der Waals surface area contributed by atoms with Crippen LogP contribution in [-0.2, 0) is 14.3 Å². The number of esters is 1. The van der Waals surface area contributed by atoms with Gasteiger partial charge in [-0.15, -0.1) is 0 Å². The normalized spacial score (nSPS) is 42.1. The number of allylic oxidation sites excluding steroid dienone is 2. The largest absolute Gasteiger partial charge is 0.462 e. The Kier molecular flexibility index (Phi) is 9.08. The van der Waals surface area contributed by atoms with Gasteiger partial charge < -0.3 is 19.9 Å². The van der Waals surface area contributed by atoms with Gasteiger partial charge >= 0.3 is 5.97 Å². The number of rotatable bonds is 3. The monoisotopic (exact) mass is 701 g/mol. The number of amides is 1. The number of carbonyl (C=O) groups is 2. The van der Waals surface area contributed by atoms with E-state index in [4.69, 9.17) is 17.0 Å². The number of piperazine rings is 1. The second-order valence-corrected chi connectivity index (χ2v) is 19.2. The number of benzene rings is 1. The summed E-state index contributed by atoms with van der Waals surface area (Å²) >= 11 is 5.80. The molecule has 1 aromatic rings. The third-order valence-corrected chi connectivity index (χ3v) is 16.9. The molecule has 6 nitrogen and oxygen atoms in total. The Morgan fingerprint density at radius 2 is 1.52 bits per heavy atom. The highest BCUT2D eigenvalue weighted by Gasteiger charge is 2.70. The van der Waals surface area contributed by atoms with Gasteiger partial charge in [0.25, 0.3) is 0 Å². The van der Waals surface area contributed by atoms with Crippen LogP contribution in [0.5, 0.6) is 0 Å². The van der Waals surface area contributed by atoms with Crippen LogP contribution < -0.4 is 5.32 Å². The Hall–Kier alpha value is -2.41. The molecule has 7 rings (SSSR count). The summed E-state index contributed by atoms with van der Waals surface area (Å²) in [6.45, 7) is 22.1. The Morgan fingerprint density at radius 1 is 0.840 bits per heavy atom. The van der Waals surface area contributed by atoms with E-state index in [1.165, 1.54) is 12.8 Å². The lowest BCUT2D eigenvalue weighted by Crippen LogP contribution is -2.66. The van der Waals surface area contributed by atoms with Crippen LogP contribution in [0, 0.1) is 56.7 Å². The molecule has 0 radical (unpaired) electrons. The van der Waals surface area contributed by atoms with Crippen LogP contribution in [0.3, 0.4) is 0 Å². The number of thiocarbonyl (C=S) groups is 1. The lowest BCUT2D eigenvalue weighted by atomic mass is 9.33. The van der Waals surface area contributed by atoms with E-state index in [-0.39, 0.29) is 39.1 Å². The molecule has 0 spiro atoms. The maximum Gasteiger partial charge on any atom is 0.302 e. The van der Waals surface area contributed by atoms with Crippen LogP contribution >= 0.6 is 12.2 Å². The molecule has 7 heteroatoms. The fourth-order valence-corrected chi connectivity index (χ4v) is 13.7. The summed E-state index contributed by atoms with van der Waals surface area (Å²) in [5, 5.41) is 4.14. The van der Waals surface area contributed by atoms with Crippen LogP contribution in [0.15, 0.2) is 42.0 Å². The number of carbonyl (C=O) groups excluding carboxylic acids is 2. The lowest BCUT2D eigenvalue weighted by molar-refractivity contribution is -0.213. The molecule has 1 N–H and O–H groups in total. The van der Waals surface area contributed by atoms with Crippen LogP contribution in [0.1, 0.15) is 113 Å². The summed E-state index contributed by atoms with van der Waals surface area (Å²) in [5.74, 6) is 2.77. The summed E-state index contributed by atoms with van der Waals surface area (Å²) in [7, 11) is 0. The minimum Gasteiger partial charge on any atom is -0.462 e. The Bertz CT molecular complexity index is 1530. The average molecular weight is 702 g/mol. The molecule has 0 bridgehead atoms. The van der Waals surface area contributed by atoms with Crippen molar-refractivity contribution < 1.29 is 14.3 Å². The van der Waals surface area contributed by atoms with Crippen molar-refractivity contribution in [2.75, 3.05) is 31.5 Å². The third-order valence-electron chi connectivity index (χ3n) is 16.5. The molecule has 5 fully saturated rings. The fraction of sp³-hybridized carbons (Fsp3) is 0.744. The van der Waals surface area contributed by atoms with Crippen LogP contribution in [0.2, 0.25) is 0 Å². The van der Waals surface area contributed by atoms with Gasteiger partial charge in [-0.05, 0) is 128 Å². The molecule has 50 heavy (non-hydrogen) atoms. The topological polar surface area (TPSA) is 61.9 Å². The van der Waals surface area contributed by atoms with E-state index >= 15 is 4.79 Å². The summed E-state index contributed by atoms with van der Waals surface area (Å²) in [6.07, 6.45) is 12.5. The number of ether oxygens (including phenoxy) is 1. The van der Waals surface area contributed by atoms with E-state index in [0.29, 0.717) is 35.5 Å². The number of para-hydroxylation sites is 1. The lowest BCUT2D eigenvalue weighted by Gasteiger charge is -2.71. The molecule has 0 unspecified atom stereocenters. The van der Waals surface area contributed by atoms with Gasteiger partial charge in [0, 0.05) is 44.2 Å². The predicted octanol–water partition coefficient (Wildman–Crippen LogP) is 9.12. The van der Waals surface area contributed by atoms with Crippen molar-refractivity contribution >= 4 is 34.9 Å². The van der Waals surface area contributed by atoms with E-state index in [0.717, 1.165) is 81.9 Å². The molecule has 274 valence electrons. The van der Waals surface area contributed by atoms with Gasteiger partial charge in [-0.25, -0.2) is 0 Å². The quantitative estimate of drug-likeness (QED) is 0.193. The van der Waals surface area contributed by atoms with Crippen LogP contribution in [-0.4, -0.2) is 59.1 Å². The number of nitrogens with zero attached hydrogens (tertiary/aromatic N) is 2. The minimum absolute atomic E-state index is 0.00355.